The summed E-state index contributed by atoms with van der Waals surface area (Å²) in [7, 11) is 0. The lowest BCUT2D eigenvalue weighted by molar-refractivity contribution is 0.793. The molecule has 1 aromatic heterocycles. The first kappa shape index (κ1) is 11.1. The molecule has 3 nitrogen and oxygen atoms in total. The van der Waals surface area contributed by atoms with E-state index in [0.29, 0.717) is 11.9 Å². The molecule has 0 unspecified atom stereocenters. The lowest BCUT2D eigenvalue weighted by Gasteiger charge is -2.25. The number of hydrogen-bond donors (Lipinski definition) is 1. The van der Waals surface area contributed by atoms with Crippen molar-refractivity contribution in [1.82, 2.24) is 4.98 Å². The largest absolute Gasteiger partial charge is 0.382 e. The van der Waals surface area contributed by atoms with Gasteiger partial charge in [-0.3, -0.25) is 0 Å². The first-order valence-corrected chi connectivity index (χ1v) is 6.35. The maximum absolute atomic E-state index is 5.99. The van der Waals surface area contributed by atoms with E-state index < -0.39 is 0 Å². The van der Waals surface area contributed by atoms with Crippen LogP contribution in [0.5, 0.6) is 0 Å². The van der Waals surface area contributed by atoms with Crippen LogP contribution in [0.1, 0.15) is 18.4 Å². The van der Waals surface area contributed by atoms with E-state index in [2.05, 4.69) is 40.2 Å². The minimum Gasteiger partial charge on any atom is -0.382 e. The summed E-state index contributed by atoms with van der Waals surface area (Å²) in [6, 6.07) is 15.1. The summed E-state index contributed by atoms with van der Waals surface area (Å²) in [5, 5.41) is 0. The number of nitrogens with two attached hydrogens (primary N) is 1. The Morgan fingerprint density at radius 1 is 1.11 bits per heavy atom. The molecule has 0 radical (unpaired) electrons. The fourth-order valence-electron chi connectivity index (χ4n) is 2.23. The Morgan fingerprint density at radius 2 is 1.89 bits per heavy atom. The number of rotatable bonds is 4. The summed E-state index contributed by atoms with van der Waals surface area (Å²) in [6.07, 6.45) is 4.24. The fraction of sp³-hybridized carbons (Fsp3) is 0.267. The molecule has 1 heterocycles. The Morgan fingerprint density at radius 3 is 2.56 bits per heavy atom. The Hall–Kier alpha value is -2.03. The van der Waals surface area contributed by atoms with Gasteiger partial charge in [-0.1, -0.05) is 30.3 Å². The Balaban J connectivity index is 1.87. The monoisotopic (exact) mass is 239 g/mol. The Kier molecular flexibility index (Phi) is 2.89. The molecule has 1 fully saturated rings. The molecule has 18 heavy (non-hydrogen) atoms. The highest BCUT2D eigenvalue weighted by molar-refractivity contribution is 5.64. The lowest BCUT2D eigenvalue weighted by atomic mass is 10.2. The van der Waals surface area contributed by atoms with Gasteiger partial charge in [-0.05, 0) is 30.5 Å². The van der Waals surface area contributed by atoms with Crippen molar-refractivity contribution in [3.63, 3.8) is 0 Å². The number of pyridine rings is 1. The van der Waals surface area contributed by atoms with Gasteiger partial charge in [0.1, 0.15) is 5.82 Å². The zero-order valence-electron chi connectivity index (χ0n) is 10.3. The molecule has 2 aromatic rings. The normalized spacial score (nSPS) is 14.4. The van der Waals surface area contributed by atoms with Gasteiger partial charge in [0.25, 0.3) is 0 Å². The molecule has 1 aliphatic carbocycles. The molecular weight excluding hydrogens is 222 g/mol. The van der Waals surface area contributed by atoms with Crippen molar-refractivity contribution in [1.29, 1.82) is 0 Å². The quantitative estimate of drug-likeness (QED) is 0.892. The molecule has 0 spiro atoms. The van der Waals surface area contributed by atoms with Crippen molar-refractivity contribution in [2.45, 2.75) is 25.4 Å². The third-order valence-corrected chi connectivity index (χ3v) is 3.31. The van der Waals surface area contributed by atoms with E-state index in [-0.39, 0.29) is 0 Å². The van der Waals surface area contributed by atoms with Crippen LogP contribution in [0.2, 0.25) is 0 Å². The molecule has 1 saturated carbocycles. The van der Waals surface area contributed by atoms with E-state index in [1.54, 1.807) is 6.20 Å². The van der Waals surface area contributed by atoms with Crippen molar-refractivity contribution < 1.29 is 0 Å². The number of nitrogen functional groups attached to an aromatic ring is 1. The summed E-state index contributed by atoms with van der Waals surface area (Å²) >= 11 is 0. The number of benzene rings is 1. The molecule has 0 saturated heterocycles. The van der Waals surface area contributed by atoms with Gasteiger partial charge in [0.15, 0.2) is 0 Å². The van der Waals surface area contributed by atoms with Crippen LogP contribution in [0.3, 0.4) is 0 Å². The van der Waals surface area contributed by atoms with Crippen molar-refractivity contribution in [2.24, 2.45) is 0 Å². The fourth-order valence-corrected chi connectivity index (χ4v) is 2.23. The average Bonchev–Trinajstić information content (AvgIpc) is 3.23. The van der Waals surface area contributed by atoms with Crippen molar-refractivity contribution >= 4 is 11.5 Å². The van der Waals surface area contributed by atoms with Crippen LogP contribution in [0.4, 0.5) is 11.5 Å². The number of hydrogen-bond acceptors (Lipinski definition) is 3. The van der Waals surface area contributed by atoms with E-state index in [1.165, 1.54) is 18.4 Å². The van der Waals surface area contributed by atoms with Crippen molar-refractivity contribution in [3.05, 3.63) is 54.2 Å². The van der Waals surface area contributed by atoms with Gasteiger partial charge in [0.05, 0.1) is 5.69 Å². The molecule has 0 atom stereocenters. The molecule has 2 N–H and O–H groups in total. The summed E-state index contributed by atoms with van der Waals surface area (Å²) in [5.74, 6) is 0.625. The second kappa shape index (κ2) is 4.69. The SMILES string of the molecule is Nc1ncccc1N(Cc1ccccc1)C1CC1. The minimum absolute atomic E-state index is 0.622. The molecule has 3 rings (SSSR count). The first-order valence-electron chi connectivity index (χ1n) is 6.35. The second-order valence-electron chi connectivity index (χ2n) is 4.75. The van der Waals surface area contributed by atoms with E-state index >= 15 is 0 Å². The number of nitrogens with zero attached hydrogens (tertiary/aromatic N) is 2. The third kappa shape index (κ3) is 2.30. The summed E-state index contributed by atoms with van der Waals surface area (Å²) in [6.45, 7) is 0.904. The highest BCUT2D eigenvalue weighted by Gasteiger charge is 2.30. The first-order chi connectivity index (χ1) is 8.84. The zero-order valence-corrected chi connectivity index (χ0v) is 10.3. The lowest BCUT2D eigenvalue weighted by Crippen LogP contribution is -2.26. The van der Waals surface area contributed by atoms with Gasteiger partial charge in [0, 0.05) is 18.8 Å². The predicted octanol–water partition coefficient (Wildman–Crippen LogP) is 2.83. The Labute approximate surface area is 107 Å². The highest BCUT2D eigenvalue weighted by Crippen LogP contribution is 2.35. The van der Waals surface area contributed by atoms with Gasteiger partial charge in [0.2, 0.25) is 0 Å². The smallest absolute Gasteiger partial charge is 0.146 e. The van der Waals surface area contributed by atoms with Gasteiger partial charge in [-0.25, -0.2) is 4.98 Å². The maximum atomic E-state index is 5.99. The number of aromatic nitrogens is 1. The molecule has 0 bridgehead atoms. The van der Waals surface area contributed by atoms with Crippen LogP contribution >= 0.6 is 0 Å². The molecule has 3 heteroatoms. The van der Waals surface area contributed by atoms with Gasteiger partial charge < -0.3 is 10.6 Å². The molecule has 0 amide bonds. The highest BCUT2D eigenvalue weighted by atomic mass is 15.2. The summed E-state index contributed by atoms with van der Waals surface area (Å²) in [4.78, 5) is 6.56. The van der Waals surface area contributed by atoms with Crippen molar-refractivity contribution in [3.8, 4) is 0 Å². The van der Waals surface area contributed by atoms with Crippen LogP contribution in [0.15, 0.2) is 48.7 Å². The van der Waals surface area contributed by atoms with Gasteiger partial charge >= 0.3 is 0 Å². The summed E-state index contributed by atoms with van der Waals surface area (Å²) in [5.41, 5.74) is 8.36. The average molecular weight is 239 g/mol. The molecule has 0 aliphatic heterocycles. The van der Waals surface area contributed by atoms with Crippen LogP contribution < -0.4 is 10.6 Å². The van der Waals surface area contributed by atoms with E-state index in [9.17, 15) is 0 Å². The molecule has 92 valence electrons. The number of anilines is 2. The minimum atomic E-state index is 0.622. The van der Waals surface area contributed by atoms with E-state index in [0.717, 1.165) is 12.2 Å². The van der Waals surface area contributed by atoms with Crippen LogP contribution in [-0.2, 0) is 6.54 Å². The summed E-state index contributed by atoms with van der Waals surface area (Å²) < 4.78 is 0. The molecular formula is C15H17N3. The van der Waals surface area contributed by atoms with E-state index in [4.69, 9.17) is 5.73 Å². The zero-order chi connectivity index (χ0) is 12.4. The Bertz CT molecular complexity index is 520. The third-order valence-electron chi connectivity index (χ3n) is 3.31. The standard InChI is InChI=1S/C15H17N3/c16-15-14(7-4-10-17-15)18(13-8-9-13)11-12-5-2-1-3-6-12/h1-7,10,13H,8-9,11H2,(H2,16,17). The van der Waals surface area contributed by atoms with Crippen LogP contribution in [0.25, 0.3) is 0 Å². The maximum Gasteiger partial charge on any atom is 0.146 e. The van der Waals surface area contributed by atoms with Crippen molar-refractivity contribution in [2.75, 3.05) is 10.6 Å². The molecule has 1 aliphatic rings. The van der Waals surface area contributed by atoms with Crippen LogP contribution in [-0.4, -0.2) is 11.0 Å². The van der Waals surface area contributed by atoms with Crippen LogP contribution in [0, 0.1) is 0 Å². The predicted molar refractivity (Wildman–Crippen MR) is 74.3 cm³/mol. The molecule has 1 aromatic carbocycles. The van der Waals surface area contributed by atoms with Gasteiger partial charge in [-0.15, -0.1) is 0 Å². The van der Waals surface area contributed by atoms with E-state index in [1.807, 2.05) is 12.1 Å². The topological polar surface area (TPSA) is 42.1 Å². The second-order valence-corrected chi connectivity index (χ2v) is 4.75. The van der Waals surface area contributed by atoms with Gasteiger partial charge in [-0.2, -0.15) is 0 Å².